The van der Waals surface area contributed by atoms with Gasteiger partial charge in [-0.25, -0.2) is 9.76 Å². The van der Waals surface area contributed by atoms with Gasteiger partial charge < -0.3 is 4.89 Å². The molecule has 0 saturated heterocycles. The quantitative estimate of drug-likeness (QED) is 0.528. The van der Waals surface area contributed by atoms with E-state index >= 15 is 0 Å². The normalized spacial score (nSPS) is 15.8. The lowest BCUT2D eigenvalue weighted by Gasteiger charge is -2.25. The number of hydrogen-bond donors (Lipinski definition) is 2. The first-order valence-corrected chi connectivity index (χ1v) is 7.90. The van der Waals surface area contributed by atoms with Crippen LogP contribution < -0.4 is 5.09 Å². The van der Waals surface area contributed by atoms with Crippen molar-refractivity contribution < 1.29 is 9.46 Å². The van der Waals surface area contributed by atoms with E-state index in [9.17, 15) is 9.46 Å². The van der Waals surface area contributed by atoms with Crippen LogP contribution in [0.15, 0.2) is 0 Å². The molecule has 0 aliphatic rings. The van der Waals surface area contributed by atoms with Crippen LogP contribution >= 0.6 is 46.8 Å². The summed E-state index contributed by atoms with van der Waals surface area (Å²) in [6.45, 7) is 1.11. The van der Waals surface area contributed by atoms with E-state index in [1.807, 2.05) is 0 Å². The highest BCUT2D eigenvalue weighted by atomic mass is 79.9. The van der Waals surface area contributed by atoms with Gasteiger partial charge in [-0.15, -0.1) is 23.2 Å². The van der Waals surface area contributed by atoms with Gasteiger partial charge in [0.1, 0.15) is 0 Å². The standard InChI is InChI=1S/C6H14BrCl2N2O2P/c7-1-4-10-14(12,13)11(5-2-8)6-3-9/h1-6H2,(H2,10,12,13). The Hall–Kier alpha value is 1.17. The molecule has 2 N–H and O–H groups in total. The molecule has 0 aromatic carbocycles. The van der Waals surface area contributed by atoms with Crippen LogP contribution in [-0.2, 0) is 4.57 Å². The van der Waals surface area contributed by atoms with Crippen molar-refractivity contribution in [2.24, 2.45) is 0 Å². The minimum atomic E-state index is -3.47. The van der Waals surface area contributed by atoms with Crippen LogP contribution in [0.4, 0.5) is 0 Å². The van der Waals surface area contributed by atoms with E-state index in [1.54, 1.807) is 0 Å². The van der Waals surface area contributed by atoms with Gasteiger partial charge in [-0.2, -0.15) is 0 Å². The average Bonchev–Trinajstić information content (AvgIpc) is 2.14. The van der Waals surface area contributed by atoms with Gasteiger partial charge >= 0.3 is 7.67 Å². The zero-order valence-electron chi connectivity index (χ0n) is 7.63. The topological polar surface area (TPSA) is 52.6 Å². The molecule has 0 bridgehead atoms. The lowest BCUT2D eigenvalue weighted by Crippen LogP contribution is -2.31. The molecule has 0 heterocycles. The Labute approximate surface area is 103 Å². The van der Waals surface area contributed by atoms with Crippen LogP contribution in [0.3, 0.4) is 0 Å². The fourth-order valence-corrected chi connectivity index (χ4v) is 3.36. The molecular weight excluding hydrogens is 314 g/mol. The van der Waals surface area contributed by atoms with Crippen molar-refractivity contribution in [3.8, 4) is 0 Å². The smallest absolute Gasteiger partial charge is 0.322 e. The third-order valence-corrected chi connectivity index (χ3v) is 4.02. The van der Waals surface area contributed by atoms with E-state index in [1.165, 1.54) is 4.67 Å². The predicted octanol–water partition coefficient (Wildman–Crippen LogP) is 1.85. The summed E-state index contributed by atoms with van der Waals surface area (Å²) >= 11 is 14.2. The summed E-state index contributed by atoms with van der Waals surface area (Å²) in [6.07, 6.45) is 0. The fraction of sp³-hybridized carbons (Fsp3) is 1.00. The van der Waals surface area contributed by atoms with Crippen molar-refractivity contribution in [2.45, 2.75) is 0 Å². The highest BCUT2D eigenvalue weighted by Gasteiger charge is 2.26. The monoisotopic (exact) mass is 326 g/mol. The van der Waals surface area contributed by atoms with Gasteiger partial charge in [0, 0.05) is 36.7 Å². The Morgan fingerprint density at radius 1 is 1.36 bits per heavy atom. The molecule has 0 rings (SSSR count). The fourth-order valence-electron chi connectivity index (χ4n) is 0.866. The van der Waals surface area contributed by atoms with Gasteiger partial charge in [0.25, 0.3) is 0 Å². The minimum absolute atomic E-state index is 0.303. The van der Waals surface area contributed by atoms with Gasteiger partial charge in [-0.3, -0.25) is 4.57 Å². The van der Waals surface area contributed by atoms with Gasteiger partial charge in [0.2, 0.25) is 0 Å². The summed E-state index contributed by atoms with van der Waals surface area (Å²) < 4.78 is 13.1. The van der Waals surface area contributed by atoms with E-state index < -0.39 is 7.67 Å². The molecule has 0 aliphatic carbocycles. The summed E-state index contributed by atoms with van der Waals surface area (Å²) in [6, 6.07) is 0. The van der Waals surface area contributed by atoms with Gasteiger partial charge in [0.15, 0.2) is 0 Å². The van der Waals surface area contributed by atoms with Gasteiger partial charge in [0.05, 0.1) is 0 Å². The molecule has 0 aliphatic heterocycles. The first-order chi connectivity index (χ1) is 6.58. The van der Waals surface area contributed by atoms with E-state index in [0.717, 1.165) is 0 Å². The lowest BCUT2D eigenvalue weighted by molar-refractivity contribution is 0.355. The Morgan fingerprint density at radius 2 is 1.86 bits per heavy atom. The lowest BCUT2D eigenvalue weighted by atomic mass is 10.6. The SMILES string of the molecule is O=P(O)(NCCBr)N(CCCl)CCCl. The second kappa shape index (κ2) is 8.34. The maximum atomic E-state index is 11.7. The summed E-state index contributed by atoms with van der Waals surface area (Å²) in [7, 11) is -3.47. The molecule has 0 fully saturated rings. The Bertz CT molecular complexity index is 193. The summed E-state index contributed by atoms with van der Waals surface area (Å²) in [4.78, 5) is 9.60. The molecule has 0 spiro atoms. The van der Waals surface area contributed by atoms with Crippen molar-refractivity contribution in [3.05, 3.63) is 0 Å². The number of hydrogen-bond acceptors (Lipinski definition) is 1. The zero-order valence-corrected chi connectivity index (χ0v) is 11.6. The van der Waals surface area contributed by atoms with Crippen LogP contribution in [0.5, 0.6) is 0 Å². The van der Waals surface area contributed by atoms with Crippen LogP contribution in [0, 0.1) is 0 Å². The van der Waals surface area contributed by atoms with Crippen molar-refractivity contribution in [3.63, 3.8) is 0 Å². The molecule has 0 saturated carbocycles. The maximum Gasteiger partial charge on any atom is 0.340 e. The third-order valence-electron chi connectivity index (χ3n) is 1.48. The molecule has 86 valence electrons. The van der Waals surface area contributed by atoms with E-state index in [0.29, 0.717) is 36.7 Å². The molecule has 0 aromatic heterocycles. The van der Waals surface area contributed by atoms with Crippen molar-refractivity contribution in [1.82, 2.24) is 9.76 Å². The van der Waals surface area contributed by atoms with Crippen molar-refractivity contribution >= 4 is 46.8 Å². The summed E-state index contributed by atoms with van der Waals surface area (Å²) in [5.74, 6) is 0.606. The third kappa shape index (κ3) is 5.91. The molecule has 1 unspecified atom stereocenters. The minimum Gasteiger partial charge on any atom is -0.322 e. The molecule has 0 radical (unpaired) electrons. The molecule has 14 heavy (non-hydrogen) atoms. The summed E-state index contributed by atoms with van der Waals surface area (Å²) in [5.41, 5.74) is 0. The van der Waals surface area contributed by atoms with E-state index in [4.69, 9.17) is 23.2 Å². The number of nitrogens with one attached hydrogen (secondary N) is 1. The van der Waals surface area contributed by atoms with Gasteiger partial charge in [-0.05, 0) is 0 Å². The first-order valence-electron chi connectivity index (χ1n) is 4.09. The van der Waals surface area contributed by atoms with E-state index in [2.05, 4.69) is 21.0 Å². The second-order valence-corrected chi connectivity index (χ2v) is 5.99. The highest BCUT2D eigenvalue weighted by Crippen LogP contribution is 2.39. The highest BCUT2D eigenvalue weighted by molar-refractivity contribution is 9.09. The summed E-state index contributed by atoms with van der Waals surface area (Å²) in [5, 5.41) is 3.17. The Morgan fingerprint density at radius 3 is 2.21 bits per heavy atom. The van der Waals surface area contributed by atoms with Gasteiger partial charge in [-0.1, -0.05) is 15.9 Å². The van der Waals surface area contributed by atoms with Crippen molar-refractivity contribution in [2.75, 3.05) is 36.7 Å². The number of halogens is 3. The van der Waals surface area contributed by atoms with Crippen LogP contribution in [0.1, 0.15) is 0 Å². The second-order valence-electron chi connectivity index (χ2n) is 2.47. The molecule has 8 heteroatoms. The average molecular weight is 328 g/mol. The Balaban J connectivity index is 4.21. The van der Waals surface area contributed by atoms with Crippen LogP contribution in [0.2, 0.25) is 0 Å². The number of rotatable bonds is 8. The largest absolute Gasteiger partial charge is 0.340 e. The van der Waals surface area contributed by atoms with E-state index in [-0.39, 0.29) is 0 Å². The van der Waals surface area contributed by atoms with Crippen LogP contribution in [-0.4, -0.2) is 46.3 Å². The predicted molar refractivity (Wildman–Crippen MR) is 64.6 cm³/mol. The zero-order chi connectivity index (χ0) is 11.0. The maximum absolute atomic E-state index is 11.7. The molecule has 0 amide bonds. The number of alkyl halides is 3. The molecule has 4 nitrogen and oxygen atoms in total. The first kappa shape index (κ1) is 15.2. The molecular formula is C6H14BrCl2N2O2P. The Kier molecular flexibility index (Phi) is 9.03. The van der Waals surface area contributed by atoms with Crippen molar-refractivity contribution in [1.29, 1.82) is 0 Å². The molecule has 0 aromatic rings. The molecule has 1 atom stereocenters. The number of nitrogens with zero attached hydrogens (tertiary/aromatic N) is 1. The van der Waals surface area contributed by atoms with Crippen LogP contribution in [0.25, 0.3) is 0 Å².